The molecule has 2 aromatic rings. The predicted octanol–water partition coefficient (Wildman–Crippen LogP) is 4.75. The van der Waals surface area contributed by atoms with Gasteiger partial charge in [-0.05, 0) is 61.4 Å². The Morgan fingerprint density at radius 1 is 1.07 bits per heavy atom. The molecule has 2 aromatic carbocycles. The Kier molecular flexibility index (Phi) is 6.05. The normalized spacial score (nSPS) is 17.4. The van der Waals surface area contributed by atoms with Crippen molar-refractivity contribution in [2.24, 2.45) is 0 Å². The van der Waals surface area contributed by atoms with Gasteiger partial charge in [-0.2, -0.15) is 0 Å². The first kappa shape index (κ1) is 19.8. The number of methoxy groups -OCH3 is 2. The van der Waals surface area contributed by atoms with E-state index in [1.165, 1.54) is 12.8 Å². The fraction of sp³-hybridized carbons (Fsp3) is 0.458. The van der Waals surface area contributed by atoms with Gasteiger partial charge in [-0.25, -0.2) is 0 Å². The maximum Gasteiger partial charge on any atom is 0.255 e. The van der Waals surface area contributed by atoms with E-state index in [9.17, 15) is 4.79 Å². The molecule has 0 N–H and O–H groups in total. The van der Waals surface area contributed by atoms with Gasteiger partial charge in [0.05, 0.1) is 19.3 Å². The number of hydrogen-bond donors (Lipinski definition) is 0. The summed E-state index contributed by atoms with van der Waals surface area (Å²) in [5.41, 5.74) is 2.93. The van der Waals surface area contributed by atoms with Crippen LogP contribution in [-0.2, 0) is 11.3 Å². The third kappa shape index (κ3) is 4.10. The molecule has 1 aliphatic carbocycles. The summed E-state index contributed by atoms with van der Waals surface area (Å²) >= 11 is 0. The molecule has 154 valence electrons. The van der Waals surface area contributed by atoms with Gasteiger partial charge >= 0.3 is 0 Å². The molecule has 1 saturated carbocycles. The van der Waals surface area contributed by atoms with Crippen LogP contribution in [0.15, 0.2) is 42.5 Å². The summed E-state index contributed by atoms with van der Waals surface area (Å²) in [6, 6.07) is 13.8. The number of hydrogen-bond acceptors (Lipinski definition) is 4. The molecule has 0 aromatic heterocycles. The Morgan fingerprint density at radius 2 is 1.86 bits per heavy atom. The monoisotopic (exact) mass is 395 g/mol. The molecule has 0 radical (unpaired) electrons. The van der Waals surface area contributed by atoms with Gasteiger partial charge in [0.2, 0.25) is 0 Å². The Hall–Kier alpha value is -2.53. The molecule has 5 heteroatoms. The molecule has 1 aliphatic heterocycles. The van der Waals surface area contributed by atoms with Crippen LogP contribution in [0.2, 0.25) is 0 Å². The summed E-state index contributed by atoms with van der Waals surface area (Å²) in [5.74, 6) is 1.58. The number of rotatable bonds is 8. The van der Waals surface area contributed by atoms with Crippen molar-refractivity contribution >= 4 is 5.91 Å². The molecule has 1 fully saturated rings. The highest BCUT2D eigenvalue weighted by atomic mass is 16.5. The minimum atomic E-state index is -0.0771. The van der Waals surface area contributed by atoms with Gasteiger partial charge in [-0.3, -0.25) is 4.79 Å². The van der Waals surface area contributed by atoms with Gasteiger partial charge in [0, 0.05) is 25.8 Å². The van der Waals surface area contributed by atoms with Crippen molar-refractivity contribution in [1.82, 2.24) is 4.90 Å². The highest BCUT2D eigenvalue weighted by molar-refractivity contribution is 5.98. The quantitative estimate of drug-likeness (QED) is 0.647. The van der Waals surface area contributed by atoms with E-state index >= 15 is 0 Å². The lowest BCUT2D eigenvalue weighted by Gasteiger charge is -2.29. The number of carbonyl (C=O) groups is 1. The van der Waals surface area contributed by atoms with Gasteiger partial charge in [-0.1, -0.05) is 24.3 Å². The maximum absolute atomic E-state index is 13.1. The third-order valence-corrected chi connectivity index (χ3v) is 5.99. The summed E-state index contributed by atoms with van der Waals surface area (Å²) in [4.78, 5) is 15.0. The Balaban J connectivity index is 1.64. The summed E-state index contributed by atoms with van der Waals surface area (Å²) in [6.45, 7) is 1.20. The number of nitrogens with zero attached hydrogens (tertiary/aromatic N) is 1. The van der Waals surface area contributed by atoms with Crippen LogP contribution in [0.3, 0.4) is 0 Å². The molecule has 2 aliphatic rings. The van der Waals surface area contributed by atoms with Crippen molar-refractivity contribution in [3.8, 4) is 11.5 Å². The summed E-state index contributed by atoms with van der Waals surface area (Å²) in [6.07, 6.45) is 5.56. The molecular formula is C24H29NO4. The Bertz CT molecular complexity index is 860. The van der Waals surface area contributed by atoms with Crippen LogP contribution in [0, 0.1) is 0 Å². The fourth-order valence-electron chi connectivity index (χ4n) is 4.44. The first-order chi connectivity index (χ1) is 14.2. The van der Waals surface area contributed by atoms with Gasteiger partial charge in [0.1, 0.15) is 0 Å². The molecule has 1 heterocycles. The van der Waals surface area contributed by atoms with Crippen molar-refractivity contribution in [2.45, 2.75) is 50.8 Å². The van der Waals surface area contributed by atoms with E-state index in [1.54, 1.807) is 14.2 Å². The van der Waals surface area contributed by atoms with Gasteiger partial charge in [0.25, 0.3) is 5.91 Å². The molecule has 5 nitrogen and oxygen atoms in total. The van der Waals surface area contributed by atoms with Gasteiger partial charge in [0.15, 0.2) is 11.5 Å². The maximum atomic E-state index is 13.1. The highest BCUT2D eigenvalue weighted by Gasteiger charge is 2.33. The lowest BCUT2D eigenvalue weighted by Crippen LogP contribution is -2.30. The van der Waals surface area contributed by atoms with E-state index in [0.29, 0.717) is 13.2 Å². The fourth-order valence-corrected chi connectivity index (χ4v) is 4.44. The Morgan fingerprint density at radius 3 is 2.59 bits per heavy atom. The molecule has 0 bridgehead atoms. The van der Waals surface area contributed by atoms with Crippen molar-refractivity contribution in [2.75, 3.05) is 20.8 Å². The number of carbonyl (C=O) groups excluding carboxylic acids is 1. The number of benzene rings is 2. The lowest BCUT2D eigenvalue weighted by atomic mass is 10.0. The van der Waals surface area contributed by atoms with Crippen LogP contribution >= 0.6 is 0 Å². The average molecular weight is 395 g/mol. The summed E-state index contributed by atoms with van der Waals surface area (Å²) in [7, 11) is 3.36. The van der Waals surface area contributed by atoms with Gasteiger partial charge < -0.3 is 19.1 Å². The second-order valence-corrected chi connectivity index (χ2v) is 7.82. The molecule has 1 unspecified atom stereocenters. The van der Waals surface area contributed by atoms with Crippen molar-refractivity contribution < 1.29 is 19.0 Å². The predicted molar refractivity (Wildman–Crippen MR) is 111 cm³/mol. The first-order valence-electron chi connectivity index (χ1n) is 10.4. The zero-order chi connectivity index (χ0) is 20.2. The summed E-state index contributed by atoms with van der Waals surface area (Å²) < 4.78 is 17.2. The van der Waals surface area contributed by atoms with E-state index < -0.39 is 0 Å². The molecular weight excluding hydrogens is 366 g/mol. The zero-order valence-electron chi connectivity index (χ0n) is 17.2. The summed E-state index contributed by atoms with van der Waals surface area (Å²) in [5, 5.41) is 0. The SMILES string of the molecule is COCCC(c1ccc(OC)c(OC2CCCC2)c1)N1Cc2ccccc2C1=O. The van der Waals surface area contributed by atoms with Crippen LogP contribution in [0.4, 0.5) is 0 Å². The largest absolute Gasteiger partial charge is 0.493 e. The van der Waals surface area contributed by atoms with E-state index in [-0.39, 0.29) is 18.1 Å². The molecule has 1 atom stereocenters. The number of amides is 1. The molecule has 29 heavy (non-hydrogen) atoms. The smallest absolute Gasteiger partial charge is 0.255 e. The van der Waals surface area contributed by atoms with E-state index in [2.05, 4.69) is 0 Å². The second-order valence-electron chi connectivity index (χ2n) is 7.82. The average Bonchev–Trinajstić information content (AvgIpc) is 3.37. The topological polar surface area (TPSA) is 48.0 Å². The molecule has 4 rings (SSSR count). The zero-order valence-corrected chi connectivity index (χ0v) is 17.2. The van der Waals surface area contributed by atoms with Crippen LogP contribution in [0.1, 0.15) is 59.6 Å². The van der Waals surface area contributed by atoms with Crippen LogP contribution in [-0.4, -0.2) is 37.7 Å². The van der Waals surface area contributed by atoms with Crippen LogP contribution < -0.4 is 9.47 Å². The van der Waals surface area contributed by atoms with Crippen LogP contribution in [0.25, 0.3) is 0 Å². The van der Waals surface area contributed by atoms with E-state index in [1.807, 2.05) is 47.4 Å². The minimum absolute atomic E-state index is 0.0771. The van der Waals surface area contributed by atoms with Gasteiger partial charge in [-0.15, -0.1) is 0 Å². The second kappa shape index (κ2) is 8.87. The van der Waals surface area contributed by atoms with Crippen molar-refractivity contribution in [1.29, 1.82) is 0 Å². The highest BCUT2D eigenvalue weighted by Crippen LogP contribution is 2.38. The lowest BCUT2D eigenvalue weighted by molar-refractivity contribution is 0.0652. The molecule has 0 spiro atoms. The minimum Gasteiger partial charge on any atom is -0.493 e. The third-order valence-electron chi connectivity index (χ3n) is 5.99. The molecule has 1 amide bonds. The van der Waals surface area contributed by atoms with E-state index in [0.717, 1.165) is 47.5 Å². The Labute approximate surface area is 172 Å². The molecule has 0 saturated heterocycles. The van der Waals surface area contributed by atoms with E-state index in [4.69, 9.17) is 14.2 Å². The number of fused-ring (bicyclic) bond motifs is 1. The van der Waals surface area contributed by atoms with Crippen LogP contribution in [0.5, 0.6) is 11.5 Å². The standard InChI is InChI=1S/C24H29NO4/c1-27-14-13-21(25-16-18-7-3-6-10-20(18)24(25)26)17-11-12-22(28-2)23(15-17)29-19-8-4-5-9-19/h3,6-7,10-12,15,19,21H,4-5,8-9,13-14,16H2,1-2H3. The van der Waals surface area contributed by atoms with Crippen molar-refractivity contribution in [3.63, 3.8) is 0 Å². The van der Waals surface area contributed by atoms with Crippen molar-refractivity contribution in [3.05, 3.63) is 59.2 Å². The number of ether oxygens (including phenoxy) is 3. The first-order valence-corrected chi connectivity index (χ1v) is 10.4.